The maximum atomic E-state index is 11.4. The topological polar surface area (TPSA) is 49.3 Å². The summed E-state index contributed by atoms with van der Waals surface area (Å²) in [7, 11) is 0. The zero-order valence-corrected chi connectivity index (χ0v) is 8.31. The van der Waals surface area contributed by atoms with Gasteiger partial charge in [0.25, 0.3) is 0 Å². The maximum absolute atomic E-state index is 11.4. The molecule has 1 aromatic rings. The fraction of sp³-hybridized carbons (Fsp3) is 0.417. The predicted octanol–water partition coefficient (Wildman–Crippen LogP) is 1.47. The van der Waals surface area contributed by atoms with E-state index in [4.69, 9.17) is 5.21 Å². The summed E-state index contributed by atoms with van der Waals surface area (Å²) in [5.74, 6) is 0.578. The molecule has 2 N–H and O–H groups in total. The first-order valence-corrected chi connectivity index (χ1v) is 5.34. The predicted molar refractivity (Wildman–Crippen MR) is 54.4 cm³/mol. The number of aryl methyl sites for hydroxylation is 1. The second kappa shape index (κ2) is 3.07. The number of hydrogen-bond donors (Lipinski definition) is 2. The van der Waals surface area contributed by atoms with E-state index in [1.54, 1.807) is 5.48 Å². The summed E-state index contributed by atoms with van der Waals surface area (Å²) in [4.78, 5) is 11.4. The number of carbonyl (C=O) groups is 1. The van der Waals surface area contributed by atoms with Crippen LogP contribution in [-0.4, -0.2) is 11.1 Å². The van der Waals surface area contributed by atoms with Gasteiger partial charge in [0.1, 0.15) is 0 Å². The van der Waals surface area contributed by atoms with Crippen LogP contribution in [0.2, 0.25) is 0 Å². The van der Waals surface area contributed by atoms with E-state index in [-0.39, 0.29) is 11.8 Å². The third-order valence-electron chi connectivity index (χ3n) is 3.74. The van der Waals surface area contributed by atoms with E-state index >= 15 is 0 Å². The fourth-order valence-electron chi connectivity index (χ4n) is 3.00. The first-order valence-electron chi connectivity index (χ1n) is 5.34. The molecule has 0 aromatic heterocycles. The fourth-order valence-corrected chi connectivity index (χ4v) is 3.00. The molecule has 1 amide bonds. The lowest BCUT2D eigenvalue weighted by Crippen LogP contribution is -2.21. The Bertz CT molecular complexity index is 416. The Hall–Kier alpha value is -1.35. The largest absolute Gasteiger partial charge is 0.289 e. The monoisotopic (exact) mass is 203 g/mol. The van der Waals surface area contributed by atoms with Crippen molar-refractivity contribution in [1.82, 2.24) is 5.48 Å². The van der Waals surface area contributed by atoms with Crippen molar-refractivity contribution in [3.63, 3.8) is 0 Å². The summed E-state index contributed by atoms with van der Waals surface area (Å²) in [6, 6.07) is 8.31. The summed E-state index contributed by atoms with van der Waals surface area (Å²) in [6.45, 7) is 0. The number of hydrogen-bond acceptors (Lipinski definition) is 2. The van der Waals surface area contributed by atoms with Gasteiger partial charge < -0.3 is 0 Å². The molecule has 2 aliphatic rings. The minimum atomic E-state index is -0.221. The molecule has 3 rings (SSSR count). The lowest BCUT2D eigenvalue weighted by atomic mass is 9.92. The van der Waals surface area contributed by atoms with Gasteiger partial charge in [-0.2, -0.15) is 0 Å². The van der Waals surface area contributed by atoms with E-state index in [2.05, 4.69) is 12.1 Å². The Morgan fingerprint density at radius 3 is 3.00 bits per heavy atom. The minimum absolute atomic E-state index is 0.00125. The summed E-state index contributed by atoms with van der Waals surface area (Å²) >= 11 is 0. The average molecular weight is 203 g/mol. The number of carbonyl (C=O) groups excluding carboxylic acids is 1. The van der Waals surface area contributed by atoms with Crippen molar-refractivity contribution in [3.8, 4) is 0 Å². The second-order valence-electron chi connectivity index (χ2n) is 4.43. The molecule has 2 aliphatic carbocycles. The van der Waals surface area contributed by atoms with Gasteiger partial charge in [-0.1, -0.05) is 24.3 Å². The van der Waals surface area contributed by atoms with Gasteiger partial charge in [-0.3, -0.25) is 10.0 Å². The molecule has 3 heteroatoms. The molecule has 3 atom stereocenters. The smallest absolute Gasteiger partial charge is 0.247 e. The van der Waals surface area contributed by atoms with Crippen LogP contribution in [0.4, 0.5) is 0 Å². The van der Waals surface area contributed by atoms with Crippen LogP contribution >= 0.6 is 0 Å². The molecule has 1 fully saturated rings. The Labute approximate surface area is 88.1 Å². The second-order valence-corrected chi connectivity index (χ2v) is 4.43. The molecule has 0 bridgehead atoms. The molecule has 0 saturated heterocycles. The Balaban J connectivity index is 1.93. The highest BCUT2D eigenvalue weighted by Crippen LogP contribution is 2.59. The molecule has 3 nitrogen and oxygen atoms in total. The summed E-state index contributed by atoms with van der Waals surface area (Å²) < 4.78 is 0. The normalized spacial score (nSPS) is 31.4. The van der Waals surface area contributed by atoms with Gasteiger partial charge in [0.15, 0.2) is 0 Å². The Morgan fingerprint density at radius 1 is 1.40 bits per heavy atom. The lowest BCUT2D eigenvalue weighted by Gasteiger charge is -2.13. The number of hydroxylamine groups is 1. The van der Waals surface area contributed by atoms with E-state index in [1.807, 2.05) is 12.1 Å². The highest BCUT2D eigenvalue weighted by molar-refractivity contribution is 5.83. The molecule has 3 unspecified atom stereocenters. The molecule has 0 spiro atoms. The molecule has 0 heterocycles. The molecule has 78 valence electrons. The highest BCUT2D eigenvalue weighted by atomic mass is 16.5. The first kappa shape index (κ1) is 8.92. The van der Waals surface area contributed by atoms with Gasteiger partial charge >= 0.3 is 0 Å². The van der Waals surface area contributed by atoms with E-state index in [1.165, 1.54) is 11.1 Å². The average Bonchev–Trinajstić information content (AvgIpc) is 3.02. The van der Waals surface area contributed by atoms with Crippen molar-refractivity contribution in [2.24, 2.45) is 11.8 Å². The summed E-state index contributed by atoms with van der Waals surface area (Å²) in [5, 5.41) is 8.64. The maximum Gasteiger partial charge on any atom is 0.247 e. The van der Waals surface area contributed by atoms with E-state index < -0.39 is 0 Å². The van der Waals surface area contributed by atoms with Crippen LogP contribution in [0.15, 0.2) is 24.3 Å². The van der Waals surface area contributed by atoms with Crippen molar-refractivity contribution >= 4 is 5.91 Å². The van der Waals surface area contributed by atoms with Crippen LogP contribution < -0.4 is 5.48 Å². The van der Waals surface area contributed by atoms with Crippen LogP contribution in [0.3, 0.4) is 0 Å². The number of amides is 1. The standard InChI is InChI=1S/C12H13NO2/c14-12(13-15)11-9-6-5-7-3-1-2-4-8(7)10(9)11/h1-4,9-11,15H,5-6H2,(H,13,14). The number of benzene rings is 1. The quantitative estimate of drug-likeness (QED) is 0.536. The highest BCUT2D eigenvalue weighted by Gasteiger charge is 2.56. The molecule has 1 saturated carbocycles. The van der Waals surface area contributed by atoms with E-state index in [0.29, 0.717) is 11.8 Å². The molecular weight excluding hydrogens is 190 g/mol. The molecule has 0 aliphatic heterocycles. The van der Waals surface area contributed by atoms with E-state index in [0.717, 1.165) is 12.8 Å². The SMILES string of the molecule is O=C(NO)C1C2CCc3ccccc3C21. The van der Waals surface area contributed by atoms with Crippen LogP contribution in [0, 0.1) is 11.8 Å². The van der Waals surface area contributed by atoms with Crippen molar-refractivity contribution in [3.05, 3.63) is 35.4 Å². The van der Waals surface area contributed by atoms with Crippen molar-refractivity contribution in [1.29, 1.82) is 0 Å². The van der Waals surface area contributed by atoms with Gasteiger partial charge in [0.2, 0.25) is 5.91 Å². The summed E-state index contributed by atoms with van der Waals surface area (Å²) in [5.41, 5.74) is 4.45. The van der Waals surface area contributed by atoms with Gasteiger partial charge in [0, 0.05) is 0 Å². The van der Waals surface area contributed by atoms with Gasteiger partial charge in [0.05, 0.1) is 5.92 Å². The number of nitrogens with one attached hydrogen (secondary N) is 1. The zero-order valence-electron chi connectivity index (χ0n) is 8.31. The number of rotatable bonds is 1. The lowest BCUT2D eigenvalue weighted by molar-refractivity contribution is -0.130. The van der Waals surface area contributed by atoms with Crippen LogP contribution in [0.25, 0.3) is 0 Å². The third-order valence-corrected chi connectivity index (χ3v) is 3.74. The first-order chi connectivity index (χ1) is 7.33. The van der Waals surface area contributed by atoms with Gasteiger partial charge in [-0.25, -0.2) is 5.48 Å². The number of fused-ring (bicyclic) bond motifs is 3. The Kier molecular flexibility index (Phi) is 1.83. The van der Waals surface area contributed by atoms with Gasteiger partial charge in [-0.15, -0.1) is 0 Å². The molecular formula is C12H13NO2. The van der Waals surface area contributed by atoms with Crippen molar-refractivity contribution in [2.75, 3.05) is 0 Å². The van der Waals surface area contributed by atoms with E-state index in [9.17, 15) is 4.79 Å². The van der Waals surface area contributed by atoms with Crippen molar-refractivity contribution in [2.45, 2.75) is 18.8 Å². The Morgan fingerprint density at radius 2 is 2.20 bits per heavy atom. The molecule has 15 heavy (non-hydrogen) atoms. The van der Waals surface area contributed by atoms with Crippen LogP contribution in [-0.2, 0) is 11.2 Å². The molecule has 1 aromatic carbocycles. The molecule has 0 radical (unpaired) electrons. The van der Waals surface area contributed by atoms with Crippen LogP contribution in [0.5, 0.6) is 0 Å². The minimum Gasteiger partial charge on any atom is -0.289 e. The third kappa shape index (κ3) is 1.20. The van der Waals surface area contributed by atoms with Gasteiger partial charge in [-0.05, 0) is 35.8 Å². The zero-order chi connectivity index (χ0) is 10.4. The van der Waals surface area contributed by atoms with Crippen molar-refractivity contribution < 1.29 is 10.0 Å². The van der Waals surface area contributed by atoms with Crippen LogP contribution in [0.1, 0.15) is 23.5 Å². The summed E-state index contributed by atoms with van der Waals surface area (Å²) in [6.07, 6.45) is 2.13.